The molecule has 2 N–H and O–H groups in total. The van der Waals surface area contributed by atoms with Crippen molar-refractivity contribution >= 4 is 11.8 Å². The molecule has 0 atom stereocenters. The van der Waals surface area contributed by atoms with Gasteiger partial charge in [0.25, 0.3) is 0 Å². The van der Waals surface area contributed by atoms with Crippen LogP contribution in [0, 0.1) is 6.92 Å². The molecule has 0 radical (unpaired) electrons. The second-order valence-electron chi connectivity index (χ2n) is 4.29. The fraction of sp³-hybridized carbons (Fsp3) is 0.308. The molecule has 100 valence electrons. The number of carbonyl (C=O) groups is 1. The molecule has 0 bridgehead atoms. The molecule has 0 saturated heterocycles. The fourth-order valence-electron chi connectivity index (χ4n) is 1.80. The average molecular weight is 260 g/mol. The van der Waals surface area contributed by atoms with Crippen LogP contribution in [0.25, 0.3) is 0 Å². The van der Waals surface area contributed by atoms with E-state index in [0.29, 0.717) is 18.1 Å². The van der Waals surface area contributed by atoms with Crippen molar-refractivity contribution in [2.75, 3.05) is 11.9 Å². The van der Waals surface area contributed by atoms with E-state index in [1.807, 2.05) is 19.3 Å². The summed E-state index contributed by atoms with van der Waals surface area (Å²) in [6.45, 7) is 2.39. The van der Waals surface area contributed by atoms with E-state index in [4.69, 9.17) is 5.11 Å². The van der Waals surface area contributed by atoms with Gasteiger partial charge in [0.2, 0.25) is 0 Å². The normalized spacial score (nSPS) is 10.4. The largest absolute Gasteiger partial charge is 0.478 e. The van der Waals surface area contributed by atoms with Crippen LogP contribution < -0.4 is 5.32 Å². The Kier molecular flexibility index (Phi) is 3.79. The Morgan fingerprint density at radius 2 is 2.21 bits per heavy atom. The van der Waals surface area contributed by atoms with Crippen molar-refractivity contribution < 1.29 is 9.90 Å². The van der Waals surface area contributed by atoms with E-state index in [9.17, 15) is 4.79 Å². The zero-order chi connectivity index (χ0) is 13.8. The first-order valence-corrected chi connectivity index (χ1v) is 5.99. The Balaban J connectivity index is 1.93. The Morgan fingerprint density at radius 3 is 2.79 bits per heavy atom. The summed E-state index contributed by atoms with van der Waals surface area (Å²) in [5.41, 5.74) is 1.75. The van der Waals surface area contributed by atoms with E-state index < -0.39 is 5.97 Å². The Labute approximate surface area is 111 Å². The minimum absolute atomic E-state index is 0.232. The van der Waals surface area contributed by atoms with Crippen molar-refractivity contribution in [1.82, 2.24) is 14.8 Å². The van der Waals surface area contributed by atoms with Crippen LogP contribution in [0.4, 0.5) is 5.82 Å². The van der Waals surface area contributed by atoms with E-state index in [1.165, 1.54) is 0 Å². The van der Waals surface area contributed by atoms with E-state index in [-0.39, 0.29) is 5.56 Å². The summed E-state index contributed by atoms with van der Waals surface area (Å²) in [5, 5.41) is 16.3. The van der Waals surface area contributed by atoms with Gasteiger partial charge in [0.1, 0.15) is 5.82 Å². The van der Waals surface area contributed by atoms with Crippen molar-refractivity contribution in [3.8, 4) is 0 Å². The molecule has 6 heteroatoms. The highest BCUT2D eigenvalue weighted by atomic mass is 16.4. The third kappa shape index (κ3) is 3.31. The van der Waals surface area contributed by atoms with Gasteiger partial charge in [-0.3, -0.25) is 4.68 Å². The minimum Gasteiger partial charge on any atom is -0.478 e. The summed E-state index contributed by atoms with van der Waals surface area (Å²) >= 11 is 0. The van der Waals surface area contributed by atoms with Gasteiger partial charge >= 0.3 is 5.97 Å². The lowest BCUT2D eigenvalue weighted by Crippen LogP contribution is -2.09. The maximum absolute atomic E-state index is 10.9. The quantitative estimate of drug-likeness (QED) is 0.851. The van der Waals surface area contributed by atoms with Gasteiger partial charge in [0.15, 0.2) is 0 Å². The predicted octanol–water partition coefficient (Wildman–Crippen LogP) is 1.48. The van der Waals surface area contributed by atoms with E-state index in [2.05, 4.69) is 15.4 Å². The number of pyridine rings is 1. The van der Waals surface area contributed by atoms with Gasteiger partial charge in [-0.25, -0.2) is 9.78 Å². The lowest BCUT2D eigenvalue weighted by molar-refractivity contribution is 0.0695. The second-order valence-corrected chi connectivity index (χ2v) is 4.29. The van der Waals surface area contributed by atoms with Crippen molar-refractivity contribution in [1.29, 1.82) is 0 Å². The summed E-state index contributed by atoms with van der Waals surface area (Å²) in [7, 11) is 1.88. The fourth-order valence-corrected chi connectivity index (χ4v) is 1.80. The van der Waals surface area contributed by atoms with E-state index >= 15 is 0 Å². The summed E-state index contributed by atoms with van der Waals surface area (Å²) in [6, 6.07) is 5.20. The predicted molar refractivity (Wildman–Crippen MR) is 71.3 cm³/mol. The van der Waals surface area contributed by atoms with Gasteiger partial charge in [-0.2, -0.15) is 5.10 Å². The molecule has 19 heavy (non-hydrogen) atoms. The maximum Gasteiger partial charge on any atom is 0.337 e. The summed E-state index contributed by atoms with van der Waals surface area (Å²) < 4.78 is 1.76. The molecule has 0 fully saturated rings. The second kappa shape index (κ2) is 5.51. The molecule has 0 aliphatic carbocycles. The lowest BCUT2D eigenvalue weighted by Gasteiger charge is -2.06. The molecule has 6 nitrogen and oxygen atoms in total. The molecular formula is C13H16N4O2. The Morgan fingerprint density at radius 1 is 1.42 bits per heavy atom. The zero-order valence-electron chi connectivity index (χ0n) is 10.9. The molecule has 0 saturated carbocycles. The maximum atomic E-state index is 10.9. The lowest BCUT2D eigenvalue weighted by atomic mass is 10.2. The summed E-state index contributed by atoms with van der Waals surface area (Å²) in [4.78, 5) is 15.1. The Bertz CT molecular complexity index is 592. The first-order chi connectivity index (χ1) is 9.06. The van der Waals surface area contributed by atoms with Crippen LogP contribution in [0.1, 0.15) is 21.7 Å². The number of hydrogen-bond acceptors (Lipinski definition) is 4. The van der Waals surface area contributed by atoms with Gasteiger partial charge in [-0.1, -0.05) is 0 Å². The smallest absolute Gasteiger partial charge is 0.337 e. The van der Waals surface area contributed by atoms with Crippen LogP contribution in [0.15, 0.2) is 24.4 Å². The number of nitrogens with zero attached hydrogens (tertiary/aromatic N) is 3. The van der Waals surface area contributed by atoms with Gasteiger partial charge in [0, 0.05) is 26.2 Å². The van der Waals surface area contributed by atoms with Crippen molar-refractivity contribution in [3.63, 3.8) is 0 Å². The number of anilines is 1. The SMILES string of the molecule is Cc1nc(NCCc2ccn(C)n2)ccc1C(=O)O. The van der Waals surface area contributed by atoms with Crippen molar-refractivity contribution in [3.05, 3.63) is 41.3 Å². The minimum atomic E-state index is -0.954. The van der Waals surface area contributed by atoms with Crippen LogP contribution in [0.3, 0.4) is 0 Å². The molecule has 2 aromatic rings. The molecular weight excluding hydrogens is 244 g/mol. The highest BCUT2D eigenvalue weighted by molar-refractivity contribution is 5.89. The van der Waals surface area contributed by atoms with Crippen molar-refractivity contribution in [2.24, 2.45) is 7.05 Å². The molecule has 0 spiro atoms. The van der Waals surface area contributed by atoms with Crippen molar-refractivity contribution in [2.45, 2.75) is 13.3 Å². The summed E-state index contributed by atoms with van der Waals surface area (Å²) in [5.74, 6) is -0.275. The van der Waals surface area contributed by atoms with Gasteiger partial charge in [-0.15, -0.1) is 0 Å². The van der Waals surface area contributed by atoms with Crippen LogP contribution in [-0.2, 0) is 13.5 Å². The highest BCUT2D eigenvalue weighted by Crippen LogP contribution is 2.10. The third-order valence-electron chi connectivity index (χ3n) is 2.77. The number of aryl methyl sites for hydroxylation is 2. The number of nitrogens with one attached hydrogen (secondary N) is 1. The van der Waals surface area contributed by atoms with Crippen LogP contribution in [0.2, 0.25) is 0 Å². The van der Waals surface area contributed by atoms with Crippen LogP contribution >= 0.6 is 0 Å². The number of carboxylic acids is 1. The summed E-state index contributed by atoms with van der Waals surface area (Å²) in [6.07, 6.45) is 2.70. The van der Waals surface area contributed by atoms with Gasteiger partial charge in [0.05, 0.1) is 17.0 Å². The average Bonchev–Trinajstić information content (AvgIpc) is 2.75. The standard InChI is InChI=1S/C13H16N4O2/c1-9-11(13(18)19)3-4-12(15-9)14-7-5-10-6-8-17(2)16-10/h3-4,6,8H,5,7H2,1-2H3,(H,14,15)(H,18,19). The number of hydrogen-bond donors (Lipinski definition) is 2. The first-order valence-electron chi connectivity index (χ1n) is 5.99. The zero-order valence-corrected chi connectivity index (χ0v) is 10.9. The molecule has 0 amide bonds. The topological polar surface area (TPSA) is 80.0 Å². The number of rotatable bonds is 5. The molecule has 0 aliphatic rings. The van der Waals surface area contributed by atoms with Crippen LogP contribution in [0.5, 0.6) is 0 Å². The third-order valence-corrected chi connectivity index (χ3v) is 2.77. The molecule has 0 aromatic carbocycles. The molecule has 2 heterocycles. The molecule has 2 aromatic heterocycles. The first kappa shape index (κ1) is 13.1. The number of aromatic carboxylic acids is 1. The Hall–Kier alpha value is -2.37. The number of carboxylic acid groups (broad SMARTS) is 1. The van der Waals surface area contributed by atoms with E-state index in [0.717, 1.165) is 12.1 Å². The highest BCUT2D eigenvalue weighted by Gasteiger charge is 2.08. The van der Waals surface area contributed by atoms with Gasteiger partial charge < -0.3 is 10.4 Å². The van der Waals surface area contributed by atoms with Crippen LogP contribution in [-0.4, -0.2) is 32.4 Å². The van der Waals surface area contributed by atoms with Gasteiger partial charge in [-0.05, 0) is 25.1 Å². The molecule has 0 aliphatic heterocycles. The molecule has 0 unspecified atom stereocenters. The van der Waals surface area contributed by atoms with E-state index in [1.54, 1.807) is 23.7 Å². The molecule has 2 rings (SSSR count). The monoisotopic (exact) mass is 260 g/mol. The number of aromatic nitrogens is 3.